The van der Waals surface area contributed by atoms with Crippen molar-refractivity contribution in [3.8, 4) is 0 Å². The molecule has 4 nitrogen and oxygen atoms in total. The Kier molecular flexibility index (Phi) is 3.80. The summed E-state index contributed by atoms with van der Waals surface area (Å²) in [7, 11) is 0. The van der Waals surface area contributed by atoms with Crippen LogP contribution in [0.15, 0.2) is 23.0 Å². The molecular formula is C17H22N2O2S. The number of nitrogens with zero attached hydrogens (tertiary/aromatic N) is 2. The molecular weight excluding hydrogens is 296 g/mol. The van der Waals surface area contributed by atoms with Crippen molar-refractivity contribution in [1.29, 1.82) is 0 Å². The number of hydrogen-bond acceptors (Lipinski definition) is 5. The molecule has 5 heteroatoms. The summed E-state index contributed by atoms with van der Waals surface area (Å²) in [5.74, 6) is 0.690. The maximum atomic E-state index is 6.35. The van der Waals surface area contributed by atoms with Gasteiger partial charge in [0, 0.05) is 23.5 Å². The average molecular weight is 318 g/mol. The maximum Gasteiger partial charge on any atom is 0.122 e. The van der Waals surface area contributed by atoms with Crippen LogP contribution in [0.1, 0.15) is 40.1 Å². The van der Waals surface area contributed by atoms with E-state index in [9.17, 15) is 0 Å². The molecule has 0 bridgehead atoms. The number of furan rings is 1. The van der Waals surface area contributed by atoms with Gasteiger partial charge in [-0.1, -0.05) is 0 Å². The van der Waals surface area contributed by atoms with E-state index >= 15 is 0 Å². The van der Waals surface area contributed by atoms with Gasteiger partial charge in [-0.15, -0.1) is 11.3 Å². The van der Waals surface area contributed by atoms with Crippen molar-refractivity contribution in [3.05, 3.63) is 39.7 Å². The number of likely N-dealkylation sites (tertiary alicyclic amines) is 1. The monoisotopic (exact) mass is 318 g/mol. The second kappa shape index (κ2) is 5.80. The van der Waals surface area contributed by atoms with Gasteiger partial charge in [0.05, 0.1) is 24.3 Å². The average Bonchev–Trinajstić information content (AvgIpc) is 3.20. The number of aromatic nitrogens is 1. The molecule has 0 amide bonds. The molecule has 3 atom stereocenters. The standard InChI is InChI=1S/C17H22N2O2S/c1-11-12(2)22-17(18-11)15-7-14-3-5-19(9-16(14)21-15)8-13-4-6-20-10-13/h4,6,10,14-16H,3,5,7-9H2,1-2H3/t14-,15-,16+/m0/s1. The quantitative estimate of drug-likeness (QED) is 0.865. The van der Waals surface area contributed by atoms with Crippen molar-refractivity contribution in [3.63, 3.8) is 0 Å². The highest BCUT2D eigenvalue weighted by Crippen LogP contribution is 2.42. The zero-order chi connectivity index (χ0) is 15.1. The zero-order valence-electron chi connectivity index (χ0n) is 13.1. The largest absolute Gasteiger partial charge is 0.472 e. The molecule has 0 unspecified atom stereocenters. The van der Waals surface area contributed by atoms with Crippen LogP contribution in [-0.4, -0.2) is 29.1 Å². The molecule has 4 rings (SSSR count). The molecule has 118 valence electrons. The van der Waals surface area contributed by atoms with E-state index in [1.54, 1.807) is 17.6 Å². The van der Waals surface area contributed by atoms with Gasteiger partial charge in [0.1, 0.15) is 11.1 Å². The van der Waals surface area contributed by atoms with Gasteiger partial charge in [0.2, 0.25) is 0 Å². The van der Waals surface area contributed by atoms with Gasteiger partial charge in [-0.3, -0.25) is 4.90 Å². The van der Waals surface area contributed by atoms with Crippen LogP contribution in [0.5, 0.6) is 0 Å². The van der Waals surface area contributed by atoms with Crippen LogP contribution in [0.3, 0.4) is 0 Å². The van der Waals surface area contributed by atoms with Crippen LogP contribution in [0.25, 0.3) is 0 Å². The Balaban J connectivity index is 1.41. The van der Waals surface area contributed by atoms with Crippen molar-refractivity contribution in [2.45, 2.75) is 45.4 Å². The van der Waals surface area contributed by atoms with E-state index in [4.69, 9.17) is 14.1 Å². The Morgan fingerprint density at radius 2 is 2.32 bits per heavy atom. The summed E-state index contributed by atoms with van der Waals surface area (Å²) in [5.41, 5.74) is 2.40. The van der Waals surface area contributed by atoms with E-state index in [1.807, 2.05) is 12.3 Å². The Labute approximate surface area is 135 Å². The minimum atomic E-state index is 0.210. The van der Waals surface area contributed by atoms with Gasteiger partial charge in [0.25, 0.3) is 0 Å². The van der Waals surface area contributed by atoms with Gasteiger partial charge in [-0.05, 0) is 45.2 Å². The van der Waals surface area contributed by atoms with Gasteiger partial charge < -0.3 is 9.15 Å². The number of ether oxygens (including phenoxy) is 1. The lowest BCUT2D eigenvalue weighted by Crippen LogP contribution is -2.41. The second-order valence-electron chi connectivity index (χ2n) is 6.51. The fourth-order valence-electron chi connectivity index (χ4n) is 3.57. The predicted molar refractivity (Wildman–Crippen MR) is 85.9 cm³/mol. The van der Waals surface area contributed by atoms with E-state index in [1.165, 1.54) is 21.9 Å². The first kappa shape index (κ1) is 14.4. The lowest BCUT2D eigenvalue weighted by molar-refractivity contribution is -0.00945. The Morgan fingerprint density at radius 3 is 3.05 bits per heavy atom. The summed E-state index contributed by atoms with van der Waals surface area (Å²) < 4.78 is 11.5. The Hall–Kier alpha value is -1.17. The number of rotatable bonds is 3. The molecule has 2 aliphatic heterocycles. The van der Waals surface area contributed by atoms with Crippen LogP contribution >= 0.6 is 11.3 Å². The lowest BCUT2D eigenvalue weighted by Gasteiger charge is -2.33. The fraction of sp³-hybridized carbons (Fsp3) is 0.588. The van der Waals surface area contributed by atoms with Gasteiger partial charge in [0.15, 0.2) is 0 Å². The first-order valence-electron chi connectivity index (χ1n) is 8.02. The molecule has 0 N–H and O–H groups in total. The number of piperidine rings is 1. The summed E-state index contributed by atoms with van der Waals surface area (Å²) in [6.07, 6.45) is 6.51. The highest BCUT2D eigenvalue weighted by Gasteiger charge is 2.40. The minimum absolute atomic E-state index is 0.210. The van der Waals surface area contributed by atoms with Crippen LogP contribution in [0.4, 0.5) is 0 Å². The molecule has 22 heavy (non-hydrogen) atoms. The third kappa shape index (κ3) is 2.73. The number of thiazole rings is 1. The molecule has 2 aromatic rings. The molecule has 2 aromatic heterocycles. The van der Waals surface area contributed by atoms with Crippen molar-refractivity contribution < 1.29 is 9.15 Å². The highest BCUT2D eigenvalue weighted by molar-refractivity contribution is 7.11. The fourth-order valence-corrected chi connectivity index (χ4v) is 4.55. The summed E-state index contributed by atoms with van der Waals surface area (Å²) in [6.45, 7) is 7.37. The van der Waals surface area contributed by atoms with Crippen LogP contribution < -0.4 is 0 Å². The minimum Gasteiger partial charge on any atom is -0.472 e. The van der Waals surface area contributed by atoms with Crippen LogP contribution in [0.2, 0.25) is 0 Å². The highest BCUT2D eigenvalue weighted by atomic mass is 32.1. The third-order valence-electron chi connectivity index (χ3n) is 4.94. The van der Waals surface area contributed by atoms with Gasteiger partial charge >= 0.3 is 0 Å². The van der Waals surface area contributed by atoms with Crippen molar-refractivity contribution >= 4 is 11.3 Å². The summed E-state index contributed by atoms with van der Waals surface area (Å²) >= 11 is 1.80. The summed E-state index contributed by atoms with van der Waals surface area (Å²) in [6, 6.07) is 2.05. The smallest absolute Gasteiger partial charge is 0.122 e. The first-order valence-corrected chi connectivity index (χ1v) is 8.83. The second-order valence-corrected chi connectivity index (χ2v) is 7.74. The lowest BCUT2D eigenvalue weighted by atomic mass is 9.91. The molecule has 0 aromatic carbocycles. The first-order chi connectivity index (χ1) is 10.7. The molecule has 2 saturated heterocycles. The van der Waals surface area contributed by atoms with E-state index in [-0.39, 0.29) is 6.10 Å². The summed E-state index contributed by atoms with van der Waals surface area (Å²) in [4.78, 5) is 8.49. The molecule has 0 radical (unpaired) electrons. The van der Waals surface area contributed by atoms with Crippen LogP contribution in [0, 0.1) is 19.8 Å². The van der Waals surface area contributed by atoms with E-state index in [2.05, 4.69) is 18.7 Å². The molecule has 2 aliphatic rings. The molecule has 0 saturated carbocycles. The van der Waals surface area contributed by atoms with Crippen LogP contribution in [-0.2, 0) is 11.3 Å². The maximum absolute atomic E-state index is 6.35. The van der Waals surface area contributed by atoms with Gasteiger partial charge in [-0.2, -0.15) is 0 Å². The molecule has 4 heterocycles. The molecule has 2 fully saturated rings. The number of aryl methyl sites for hydroxylation is 2. The van der Waals surface area contributed by atoms with Crippen molar-refractivity contribution in [1.82, 2.24) is 9.88 Å². The van der Waals surface area contributed by atoms with Crippen molar-refractivity contribution in [2.24, 2.45) is 5.92 Å². The number of fused-ring (bicyclic) bond motifs is 1. The van der Waals surface area contributed by atoms with E-state index in [0.29, 0.717) is 12.0 Å². The van der Waals surface area contributed by atoms with E-state index in [0.717, 1.165) is 31.7 Å². The number of hydrogen-bond donors (Lipinski definition) is 0. The normalized spacial score (nSPS) is 28.9. The van der Waals surface area contributed by atoms with Crippen molar-refractivity contribution in [2.75, 3.05) is 13.1 Å². The Bertz CT molecular complexity index is 618. The predicted octanol–water partition coefficient (Wildman–Crippen LogP) is 3.71. The summed E-state index contributed by atoms with van der Waals surface area (Å²) in [5, 5.41) is 1.17. The third-order valence-corrected chi connectivity index (χ3v) is 6.11. The zero-order valence-corrected chi connectivity index (χ0v) is 13.9. The molecule has 0 aliphatic carbocycles. The Morgan fingerprint density at radius 1 is 1.41 bits per heavy atom. The molecule has 0 spiro atoms. The van der Waals surface area contributed by atoms with Gasteiger partial charge in [-0.25, -0.2) is 4.98 Å². The topological polar surface area (TPSA) is 38.5 Å². The van der Waals surface area contributed by atoms with E-state index < -0.39 is 0 Å². The SMILES string of the molecule is Cc1nc([C@@H]2C[C@@H]3CCN(Cc4ccoc4)C[C@H]3O2)sc1C.